The molecule has 3 heteroatoms. The number of aromatic carboxylic acids is 1. The van der Waals surface area contributed by atoms with Gasteiger partial charge in [-0.3, -0.25) is 0 Å². The Morgan fingerprint density at radius 3 is 2.71 bits per heavy atom. The highest BCUT2D eigenvalue weighted by molar-refractivity contribution is 5.96. The van der Waals surface area contributed by atoms with Gasteiger partial charge < -0.3 is 10.4 Å². The fourth-order valence-electron chi connectivity index (χ4n) is 2.78. The van der Waals surface area contributed by atoms with Crippen LogP contribution in [0.15, 0.2) is 12.1 Å². The van der Waals surface area contributed by atoms with E-state index in [4.69, 9.17) is 0 Å². The number of hydrogen-bond acceptors (Lipinski definition) is 2. The lowest BCUT2D eigenvalue weighted by Crippen LogP contribution is -2.37. The average Bonchev–Trinajstić information content (AvgIpc) is 2.17. The van der Waals surface area contributed by atoms with Gasteiger partial charge in [-0.15, -0.1) is 0 Å². The number of nitrogens with one attached hydrogen (secondary N) is 1. The Morgan fingerprint density at radius 2 is 2.12 bits per heavy atom. The van der Waals surface area contributed by atoms with Crippen LogP contribution < -0.4 is 5.32 Å². The van der Waals surface area contributed by atoms with Gasteiger partial charge in [0, 0.05) is 5.54 Å². The molecular weight excluding hydrogens is 214 g/mol. The molecule has 0 unspecified atom stereocenters. The molecule has 1 aliphatic heterocycles. The molecule has 0 saturated heterocycles. The third-order valence-corrected chi connectivity index (χ3v) is 3.35. The van der Waals surface area contributed by atoms with Gasteiger partial charge in [0.05, 0.1) is 11.3 Å². The Bertz CT molecular complexity index is 477. The zero-order valence-electron chi connectivity index (χ0n) is 10.8. The summed E-state index contributed by atoms with van der Waals surface area (Å²) in [6.07, 6.45) is 1.02. The normalized spacial score (nSPS) is 21.5. The number of carboxylic acids is 1. The Labute approximate surface area is 102 Å². The van der Waals surface area contributed by atoms with Gasteiger partial charge in [0.15, 0.2) is 0 Å². The van der Waals surface area contributed by atoms with Crippen molar-refractivity contribution in [3.05, 3.63) is 28.8 Å². The summed E-state index contributed by atoms with van der Waals surface area (Å²) < 4.78 is 0. The monoisotopic (exact) mass is 233 g/mol. The van der Waals surface area contributed by atoms with E-state index in [9.17, 15) is 9.90 Å². The maximum Gasteiger partial charge on any atom is 0.337 e. The minimum atomic E-state index is -0.859. The summed E-state index contributed by atoms with van der Waals surface area (Å²) >= 11 is 0. The van der Waals surface area contributed by atoms with Crippen molar-refractivity contribution in [1.29, 1.82) is 0 Å². The summed E-state index contributed by atoms with van der Waals surface area (Å²) in [5, 5.41) is 12.6. The molecule has 1 aromatic rings. The first kappa shape index (κ1) is 12.0. The van der Waals surface area contributed by atoms with Crippen LogP contribution in [0.1, 0.15) is 54.6 Å². The van der Waals surface area contributed by atoms with Crippen LogP contribution in [0.25, 0.3) is 0 Å². The minimum absolute atomic E-state index is 0.0497. The van der Waals surface area contributed by atoms with Crippen LogP contribution in [0, 0.1) is 6.92 Å². The van der Waals surface area contributed by atoms with Gasteiger partial charge in [0.2, 0.25) is 0 Å². The van der Waals surface area contributed by atoms with Crippen LogP contribution in [0.4, 0.5) is 5.69 Å². The number of carbonyl (C=O) groups is 1. The molecule has 2 N–H and O–H groups in total. The number of aryl methyl sites for hydroxylation is 1. The lowest BCUT2D eigenvalue weighted by molar-refractivity contribution is 0.0697. The first-order valence-corrected chi connectivity index (χ1v) is 5.96. The summed E-state index contributed by atoms with van der Waals surface area (Å²) in [7, 11) is 0. The molecule has 2 rings (SSSR count). The lowest BCUT2D eigenvalue weighted by atomic mass is 9.80. The van der Waals surface area contributed by atoms with E-state index in [2.05, 4.69) is 32.2 Å². The van der Waals surface area contributed by atoms with Crippen molar-refractivity contribution < 1.29 is 9.90 Å². The van der Waals surface area contributed by atoms with Crippen LogP contribution in [0.5, 0.6) is 0 Å². The van der Waals surface area contributed by atoms with Gasteiger partial charge in [-0.2, -0.15) is 0 Å². The van der Waals surface area contributed by atoms with E-state index in [1.165, 1.54) is 0 Å². The van der Waals surface area contributed by atoms with E-state index in [0.717, 1.165) is 23.2 Å². The third kappa shape index (κ3) is 2.14. The molecule has 0 aromatic heterocycles. The van der Waals surface area contributed by atoms with Crippen molar-refractivity contribution in [2.45, 2.75) is 45.6 Å². The fraction of sp³-hybridized carbons (Fsp3) is 0.500. The summed E-state index contributed by atoms with van der Waals surface area (Å²) in [6, 6.07) is 3.83. The quantitative estimate of drug-likeness (QED) is 0.781. The maximum absolute atomic E-state index is 11.3. The summed E-state index contributed by atoms with van der Waals surface area (Å²) in [5.41, 5.74) is 3.27. The maximum atomic E-state index is 11.3. The molecule has 92 valence electrons. The summed E-state index contributed by atoms with van der Waals surface area (Å²) in [5.74, 6) is -0.471. The molecule has 0 amide bonds. The lowest BCUT2D eigenvalue weighted by Gasteiger charge is -2.38. The fourth-order valence-corrected chi connectivity index (χ4v) is 2.78. The number of benzene rings is 1. The van der Waals surface area contributed by atoms with E-state index in [0.29, 0.717) is 11.5 Å². The third-order valence-electron chi connectivity index (χ3n) is 3.35. The van der Waals surface area contributed by atoms with Crippen LogP contribution in [-0.2, 0) is 0 Å². The molecule has 0 aliphatic carbocycles. The second-order valence-corrected chi connectivity index (χ2v) is 5.70. The van der Waals surface area contributed by atoms with Crippen molar-refractivity contribution >= 4 is 11.7 Å². The highest BCUT2D eigenvalue weighted by Crippen LogP contribution is 2.40. The van der Waals surface area contributed by atoms with Crippen LogP contribution in [-0.4, -0.2) is 16.6 Å². The van der Waals surface area contributed by atoms with Crippen molar-refractivity contribution in [3.63, 3.8) is 0 Å². The summed E-state index contributed by atoms with van der Waals surface area (Å²) in [4.78, 5) is 11.3. The van der Waals surface area contributed by atoms with E-state index in [1.807, 2.05) is 6.92 Å². The van der Waals surface area contributed by atoms with Crippen molar-refractivity contribution in [3.8, 4) is 0 Å². The van der Waals surface area contributed by atoms with E-state index < -0.39 is 5.97 Å². The number of rotatable bonds is 1. The van der Waals surface area contributed by atoms with Gasteiger partial charge >= 0.3 is 5.97 Å². The Kier molecular flexibility index (Phi) is 2.64. The van der Waals surface area contributed by atoms with Gasteiger partial charge in [-0.1, -0.05) is 13.0 Å². The van der Waals surface area contributed by atoms with E-state index in [1.54, 1.807) is 6.07 Å². The Morgan fingerprint density at radius 1 is 1.47 bits per heavy atom. The first-order valence-electron chi connectivity index (χ1n) is 5.96. The predicted octanol–water partition coefficient (Wildman–Crippen LogP) is 3.39. The highest BCUT2D eigenvalue weighted by Gasteiger charge is 2.32. The van der Waals surface area contributed by atoms with Crippen LogP contribution >= 0.6 is 0 Å². The number of carboxylic acid groups (broad SMARTS) is 1. The van der Waals surface area contributed by atoms with Gasteiger partial charge in [-0.25, -0.2) is 4.79 Å². The summed E-state index contributed by atoms with van der Waals surface area (Å²) in [6.45, 7) is 8.32. The molecule has 0 radical (unpaired) electrons. The highest BCUT2D eigenvalue weighted by atomic mass is 16.4. The molecule has 1 aromatic carbocycles. The van der Waals surface area contributed by atoms with Crippen molar-refractivity contribution in [2.24, 2.45) is 0 Å². The Hall–Kier alpha value is -1.51. The average molecular weight is 233 g/mol. The number of fused-ring (bicyclic) bond motifs is 1. The molecule has 0 spiro atoms. The smallest absolute Gasteiger partial charge is 0.337 e. The SMILES string of the molecule is Cc1cc(C(=O)O)c2c(c1)[C@@H](C)CC(C)(C)N2. The van der Waals surface area contributed by atoms with Gasteiger partial charge in [0.25, 0.3) is 0 Å². The van der Waals surface area contributed by atoms with E-state index >= 15 is 0 Å². The first-order chi connectivity index (χ1) is 7.80. The second kappa shape index (κ2) is 3.76. The molecule has 3 nitrogen and oxygen atoms in total. The number of hydrogen-bond donors (Lipinski definition) is 2. The molecule has 1 aliphatic rings. The van der Waals surface area contributed by atoms with Gasteiger partial charge in [-0.05, 0) is 50.3 Å². The van der Waals surface area contributed by atoms with Crippen molar-refractivity contribution in [1.82, 2.24) is 0 Å². The van der Waals surface area contributed by atoms with Crippen molar-refractivity contribution in [2.75, 3.05) is 5.32 Å². The second-order valence-electron chi connectivity index (χ2n) is 5.70. The molecule has 0 fully saturated rings. The van der Waals surface area contributed by atoms with E-state index in [-0.39, 0.29) is 5.54 Å². The molecule has 0 saturated carbocycles. The largest absolute Gasteiger partial charge is 0.478 e. The standard InChI is InChI=1S/C14H19NO2/c1-8-5-10-9(2)7-14(3,4)15-12(10)11(6-8)13(16)17/h5-6,9,15H,7H2,1-4H3,(H,16,17)/t9-/m0/s1. The topological polar surface area (TPSA) is 49.3 Å². The number of anilines is 1. The van der Waals surface area contributed by atoms with Crippen LogP contribution in [0.3, 0.4) is 0 Å². The molecule has 1 heterocycles. The molecule has 0 bridgehead atoms. The molecular formula is C14H19NO2. The minimum Gasteiger partial charge on any atom is -0.478 e. The Balaban J connectivity index is 2.63. The zero-order chi connectivity index (χ0) is 12.8. The van der Waals surface area contributed by atoms with Gasteiger partial charge in [0.1, 0.15) is 0 Å². The molecule has 17 heavy (non-hydrogen) atoms. The zero-order valence-corrected chi connectivity index (χ0v) is 10.8. The predicted molar refractivity (Wildman–Crippen MR) is 68.9 cm³/mol. The molecule has 1 atom stereocenters. The van der Waals surface area contributed by atoms with Crippen LogP contribution in [0.2, 0.25) is 0 Å².